The number of hydrogen-bond donors (Lipinski definition) is 0. The first-order valence-corrected chi connectivity index (χ1v) is 7.04. The van der Waals surface area contributed by atoms with Crippen LogP contribution in [0.1, 0.15) is 22.0 Å². The smallest absolute Gasteiger partial charge is 0.254 e. The largest absolute Gasteiger partial charge is 0.493 e. The van der Waals surface area contributed by atoms with Gasteiger partial charge < -0.3 is 14.4 Å². The maximum Gasteiger partial charge on any atom is 0.254 e. The fourth-order valence-electron chi connectivity index (χ4n) is 2.59. The van der Waals surface area contributed by atoms with Crippen LogP contribution < -0.4 is 9.47 Å². The molecule has 1 aromatic heterocycles. The van der Waals surface area contributed by atoms with Crippen LogP contribution in [0.4, 0.5) is 0 Å². The number of nitrogens with zero attached hydrogens (tertiary/aromatic N) is 4. The van der Waals surface area contributed by atoms with E-state index in [1.165, 1.54) is 0 Å². The molecule has 7 heteroatoms. The number of benzene rings is 1. The molecule has 2 heterocycles. The zero-order valence-electron chi connectivity index (χ0n) is 12.9. The van der Waals surface area contributed by atoms with Crippen LogP contribution in [0.2, 0.25) is 0 Å². The molecule has 22 heavy (non-hydrogen) atoms. The Morgan fingerprint density at radius 3 is 2.68 bits per heavy atom. The zero-order valence-corrected chi connectivity index (χ0v) is 12.9. The number of fused-ring (bicyclic) bond motifs is 1. The maximum absolute atomic E-state index is 12.7. The van der Waals surface area contributed by atoms with Crippen molar-refractivity contribution >= 4 is 5.91 Å². The number of aryl methyl sites for hydroxylation is 1. The second-order valence-electron chi connectivity index (χ2n) is 5.09. The number of ether oxygens (including phenoxy) is 2. The average molecular weight is 302 g/mol. The first-order chi connectivity index (χ1) is 10.6. The Kier molecular flexibility index (Phi) is 3.70. The third kappa shape index (κ3) is 2.49. The number of hydrogen-bond acceptors (Lipinski definition) is 5. The van der Waals surface area contributed by atoms with Crippen LogP contribution in [-0.4, -0.2) is 46.3 Å². The third-order valence-electron chi connectivity index (χ3n) is 3.69. The Balaban J connectivity index is 1.83. The van der Waals surface area contributed by atoms with Crippen LogP contribution in [0.3, 0.4) is 0 Å². The quantitative estimate of drug-likeness (QED) is 0.853. The first-order valence-electron chi connectivity index (χ1n) is 7.04. The normalized spacial score (nSPS) is 13.7. The molecular formula is C15H18N4O3. The van der Waals surface area contributed by atoms with E-state index in [1.807, 2.05) is 11.6 Å². The highest BCUT2D eigenvalue weighted by Gasteiger charge is 2.24. The lowest BCUT2D eigenvalue weighted by Gasteiger charge is -2.27. The van der Waals surface area contributed by atoms with E-state index in [0.717, 1.165) is 11.6 Å². The minimum absolute atomic E-state index is 0.0483. The summed E-state index contributed by atoms with van der Waals surface area (Å²) in [4.78, 5) is 18.8. The molecular weight excluding hydrogens is 284 g/mol. The Labute approximate surface area is 128 Å². The van der Waals surface area contributed by atoms with Gasteiger partial charge in [0.25, 0.3) is 5.91 Å². The molecule has 0 saturated carbocycles. The van der Waals surface area contributed by atoms with E-state index >= 15 is 0 Å². The summed E-state index contributed by atoms with van der Waals surface area (Å²) in [5.74, 6) is 2.65. The van der Waals surface area contributed by atoms with E-state index in [2.05, 4.69) is 10.1 Å². The molecule has 0 atom stereocenters. The van der Waals surface area contributed by atoms with E-state index < -0.39 is 0 Å². The highest BCUT2D eigenvalue weighted by molar-refractivity contribution is 5.95. The number of carbonyl (C=O) groups is 1. The second kappa shape index (κ2) is 5.67. The van der Waals surface area contributed by atoms with Gasteiger partial charge in [0, 0.05) is 12.1 Å². The van der Waals surface area contributed by atoms with Crippen LogP contribution >= 0.6 is 0 Å². The number of aromatic nitrogens is 3. The van der Waals surface area contributed by atoms with Crippen molar-refractivity contribution in [1.29, 1.82) is 0 Å². The van der Waals surface area contributed by atoms with Gasteiger partial charge in [0.05, 0.1) is 27.3 Å². The van der Waals surface area contributed by atoms with Crippen LogP contribution in [0.5, 0.6) is 11.5 Å². The summed E-state index contributed by atoms with van der Waals surface area (Å²) in [7, 11) is 3.12. The molecule has 2 aromatic rings. The molecule has 1 aliphatic heterocycles. The van der Waals surface area contributed by atoms with Crippen LogP contribution in [0, 0.1) is 6.92 Å². The summed E-state index contributed by atoms with van der Waals surface area (Å²) >= 11 is 0. The van der Waals surface area contributed by atoms with Crippen LogP contribution in [0.15, 0.2) is 18.2 Å². The molecule has 0 saturated heterocycles. The molecule has 0 aliphatic carbocycles. The first kappa shape index (κ1) is 14.4. The lowest BCUT2D eigenvalue weighted by molar-refractivity contribution is 0.0702. The van der Waals surface area contributed by atoms with Gasteiger partial charge in [-0.25, -0.2) is 9.67 Å². The van der Waals surface area contributed by atoms with Gasteiger partial charge in [0.2, 0.25) is 0 Å². The molecule has 1 aromatic carbocycles. The molecule has 0 bridgehead atoms. The van der Waals surface area contributed by atoms with Gasteiger partial charge in [-0.3, -0.25) is 4.79 Å². The van der Waals surface area contributed by atoms with Gasteiger partial charge >= 0.3 is 0 Å². The highest BCUT2D eigenvalue weighted by atomic mass is 16.5. The predicted octanol–water partition coefficient (Wildman–Crippen LogP) is 1.26. The lowest BCUT2D eigenvalue weighted by atomic mass is 10.1. The second-order valence-corrected chi connectivity index (χ2v) is 5.09. The summed E-state index contributed by atoms with van der Waals surface area (Å²) in [6, 6.07) is 5.18. The van der Waals surface area contributed by atoms with Crippen molar-refractivity contribution in [3.63, 3.8) is 0 Å². The molecule has 0 N–H and O–H groups in total. The molecule has 1 aliphatic rings. The summed E-state index contributed by atoms with van der Waals surface area (Å²) < 4.78 is 12.3. The fourth-order valence-corrected chi connectivity index (χ4v) is 2.59. The summed E-state index contributed by atoms with van der Waals surface area (Å²) in [6.07, 6.45) is 0. The van der Waals surface area contributed by atoms with Gasteiger partial charge in [-0.2, -0.15) is 5.10 Å². The average Bonchev–Trinajstić information content (AvgIpc) is 2.92. The lowest BCUT2D eigenvalue weighted by Crippen LogP contribution is -2.38. The fraction of sp³-hybridized carbons (Fsp3) is 0.400. The van der Waals surface area contributed by atoms with E-state index in [4.69, 9.17) is 9.47 Å². The number of rotatable bonds is 3. The molecule has 116 valence electrons. The van der Waals surface area contributed by atoms with Gasteiger partial charge in [-0.1, -0.05) is 0 Å². The Hall–Kier alpha value is -2.57. The van der Waals surface area contributed by atoms with Crippen molar-refractivity contribution in [3.8, 4) is 11.5 Å². The van der Waals surface area contributed by atoms with Crippen molar-refractivity contribution in [3.05, 3.63) is 35.4 Å². The Morgan fingerprint density at radius 1 is 1.18 bits per heavy atom. The topological polar surface area (TPSA) is 69.5 Å². The van der Waals surface area contributed by atoms with Crippen molar-refractivity contribution in [2.24, 2.45) is 0 Å². The van der Waals surface area contributed by atoms with Gasteiger partial charge in [0.1, 0.15) is 11.6 Å². The van der Waals surface area contributed by atoms with Gasteiger partial charge in [-0.15, -0.1) is 0 Å². The molecule has 3 rings (SSSR count). The highest BCUT2D eigenvalue weighted by Crippen LogP contribution is 2.28. The summed E-state index contributed by atoms with van der Waals surface area (Å²) in [5.41, 5.74) is 0.572. The monoisotopic (exact) mass is 302 g/mol. The van der Waals surface area contributed by atoms with Crippen LogP contribution in [0.25, 0.3) is 0 Å². The van der Waals surface area contributed by atoms with Gasteiger partial charge in [-0.05, 0) is 25.1 Å². The van der Waals surface area contributed by atoms with Gasteiger partial charge in [0.15, 0.2) is 11.5 Å². The molecule has 0 unspecified atom stereocenters. The van der Waals surface area contributed by atoms with E-state index in [1.54, 1.807) is 37.3 Å². The number of amides is 1. The van der Waals surface area contributed by atoms with Crippen molar-refractivity contribution in [1.82, 2.24) is 19.7 Å². The standard InChI is InChI=1S/C15H18N4O3/c1-10-16-14-9-18(6-7-19(14)17-10)15(20)11-4-5-12(21-2)13(8-11)22-3/h4-5,8H,6-7,9H2,1-3H3. The van der Waals surface area contributed by atoms with E-state index in [0.29, 0.717) is 36.7 Å². The third-order valence-corrected chi connectivity index (χ3v) is 3.69. The van der Waals surface area contributed by atoms with Crippen molar-refractivity contribution < 1.29 is 14.3 Å². The molecule has 1 amide bonds. The molecule has 0 spiro atoms. The molecule has 0 fully saturated rings. The number of methoxy groups -OCH3 is 2. The van der Waals surface area contributed by atoms with Crippen molar-refractivity contribution in [2.45, 2.75) is 20.0 Å². The zero-order chi connectivity index (χ0) is 15.7. The van der Waals surface area contributed by atoms with Crippen LogP contribution in [-0.2, 0) is 13.1 Å². The van der Waals surface area contributed by atoms with E-state index in [-0.39, 0.29) is 5.91 Å². The number of carbonyl (C=O) groups excluding carboxylic acids is 1. The Bertz CT molecular complexity index is 711. The molecule has 7 nitrogen and oxygen atoms in total. The predicted molar refractivity (Wildman–Crippen MR) is 79.0 cm³/mol. The minimum atomic E-state index is -0.0483. The summed E-state index contributed by atoms with van der Waals surface area (Å²) in [6.45, 7) is 3.60. The maximum atomic E-state index is 12.7. The minimum Gasteiger partial charge on any atom is -0.493 e. The van der Waals surface area contributed by atoms with Crippen molar-refractivity contribution in [2.75, 3.05) is 20.8 Å². The SMILES string of the molecule is COc1ccc(C(=O)N2CCn3nc(C)nc3C2)cc1OC. The van der Waals surface area contributed by atoms with E-state index in [9.17, 15) is 4.79 Å². The Morgan fingerprint density at radius 2 is 1.95 bits per heavy atom. The summed E-state index contributed by atoms with van der Waals surface area (Å²) in [5, 5.41) is 4.30. The molecule has 0 radical (unpaired) electrons.